The minimum absolute atomic E-state index is 0.179. The highest BCUT2D eigenvalue weighted by Crippen LogP contribution is 2.11. The van der Waals surface area contributed by atoms with E-state index in [1.165, 1.54) is 0 Å². The molecule has 1 unspecified atom stereocenters. The van der Waals surface area contributed by atoms with Crippen molar-refractivity contribution in [3.8, 4) is 0 Å². The molecule has 6 heteroatoms. The van der Waals surface area contributed by atoms with Crippen LogP contribution in [0.15, 0.2) is 0 Å². The maximum Gasteiger partial charge on any atom is 0.255 e. The molecule has 0 bridgehead atoms. The Morgan fingerprint density at radius 3 is 2.71 bits per heavy atom. The first-order chi connectivity index (χ1) is 6.56. The van der Waals surface area contributed by atoms with E-state index in [0.29, 0.717) is 6.42 Å². The van der Waals surface area contributed by atoms with Gasteiger partial charge in [0.25, 0.3) is 6.43 Å². The number of rotatable bonds is 3. The first-order valence-corrected chi connectivity index (χ1v) is 4.41. The molecule has 0 aromatic carbocycles. The van der Waals surface area contributed by atoms with Crippen molar-refractivity contribution in [3.05, 3.63) is 0 Å². The standard InChI is InChI=1S/C8H12F2N2O2/c1-2-5-8(14)11-3-7(13)12(5)4-6(9)10/h5-6H,2-4H2,1H3,(H,11,14). The fourth-order valence-corrected chi connectivity index (χ4v) is 1.48. The third-order valence-electron chi connectivity index (χ3n) is 2.13. The van der Waals surface area contributed by atoms with Gasteiger partial charge >= 0.3 is 0 Å². The van der Waals surface area contributed by atoms with Gasteiger partial charge < -0.3 is 10.2 Å². The zero-order valence-corrected chi connectivity index (χ0v) is 7.80. The van der Waals surface area contributed by atoms with Crippen LogP contribution in [0.25, 0.3) is 0 Å². The van der Waals surface area contributed by atoms with E-state index in [-0.39, 0.29) is 12.5 Å². The van der Waals surface area contributed by atoms with E-state index in [1.54, 1.807) is 6.92 Å². The SMILES string of the molecule is CCC1C(=O)NCC(=O)N1CC(F)F. The molecule has 0 saturated carbocycles. The number of nitrogens with zero attached hydrogens (tertiary/aromatic N) is 1. The Morgan fingerprint density at radius 1 is 1.57 bits per heavy atom. The summed E-state index contributed by atoms with van der Waals surface area (Å²) in [7, 11) is 0. The number of hydrogen-bond donors (Lipinski definition) is 1. The van der Waals surface area contributed by atoms with E-state index < -0.39 is 24.9 Å². The van der Waals surface area contributed by atoms with Gasteiger partial charge in [0.15, 0.2) is 0 Å². The molecule has 0 aromatic heterocycles. The van der Waals surface area contributed by atoms with Crippen LogP contribution >= 0.6 is 0 Å². The van der Waals surface area contributed by atoms with Gasteiger partial charge in [0.2, 0.25) is 11.8 Å². The minimum Gasteiger partial charge on any atom is -0.345 e. The van der Waals surface area contributed by atoms with Gasteiger partial charge in [0.05, 0.1) is 13.1 Å². The topological polar surface area (TPSA) is 49.4 Å². The minimum atomic E-state index is -2.60. The van der Waals surface area contributed by atoms with Crippen LogP contribution in [0.4, 0.5) is 8.78 Å². The number of carbonyl (C=O) groups excluding carboxylic acids is 2. The quantitative estimate of drug-likeness (QED) is 0.706. The molecule has 1 N–H and O–H groups in total. The molecule has 1 aliphatic heterocycles. The largest absolute Gasteiger partial charge is 0.345 e. The summed E-state index contributed by atoms with van der Waals surface area (Å²) in [5.74, 6) is -0.801. The van der Waals surface area contributed by atoms with Gasteiger partial charge in [0.1, 0.15) is 6.04 Å². The molecule has 1 saturated heterocycles. The van der Waals surface area contributed by atoms with Crippen LogP contribution in [0.5, 0.6) is 0 Å². The van der Waals surface area contributed by atoms with Crippen molar-refractivity contribution in [3.63, 3.8) is 0 Å². The van der Waals surface area contributed by atoms with Crippen molar-refractivity contribution in [2.45, 2.75) is 25.8 Å². The predicted molar refractivity (Wildman–Crippen MR) is 44.8 cm³/mol. The highest BCUT2D eigenvalue weighted by molar-refractivity contribution is 5.94. The van der Waals surface area contributed by atoms with Crippen molar-refractivity contribution < 1.29 is 18.4 Å². The van der Waals surface area contributed by atoms with E-state index in [4.69, 9.17) is 0 Å². The molecule has 0 aromatic rings. The number of amides is 2. The van der Waals surface area contributed by atoms with E-state index in [0.717, 1.165) is 4.90 Å². The molecule has 1 atom stereocenters. The third-order valence-corrected chi connectivity index (χ3v) is 2.13. The Labute approximate surface area is 80.3 Å². The second kappa shape index (κ2) is 4.34. The van der Waals surface area contributed by atoms with Crippen LogP contribution in [0.2, 0.25) is 0 Å². The van der Waals surface area contributed by atoms with Crippen LogP contribution in [0, 0.1) is 0 Å². The highest BCUT2D eigenvalue weighted by atomic mass is 19.3. The summed E-state index contributed by atoms with van der Waals surface area (Å²) < 4.78 is 24.2. The average Bonchev–Trinajstić information content (AvgIpc) is 2.11. The van der Waals surface area contributed by atoms with E-state index in [1.807, 2.05) is 0 Å². The Hall–Kier alpha value is -1.20. The Kier molecular flexibility index (Phi) is 3.38. The summed E-state index contributed by atoms with van der Waals surface area (Å²) >= 11 is 0. The summed E-state index contributed by atoms with van der Waals surface area (Å²) in [6.07, 6.45) is -2.25. The first kappa shape index (κ1) is 10.9. The Bertz CT molecular complexity index is 245. The number of carbonyl (C=O) groups is 2. The fraction of sp³-hybridized carbons (Fsp3) is 0.750. The molecular formula is C8H12F2N2O2. The lowest BCUT2D eigenvalue weighted by Gasteiger charge is -2.33. The molecule has 2 amide bonds. The molecule has 80 valence electrons. The van der Waals surface area contributed by atoms with Gasteiger partial charge in [-0.1, -0.05) is 6.92 Å². The lowest BCUT2D eigenvalue weighted by atomic mass is 10.1. The summed E-state index contributed by atoms with van der Waals surface area (Å²) in [5.41, 5.74) is 0. The second-order valence-electron chi connectivity index (χ2n) is 3.08. The predicted octanol–water partition coefficient (Wildman–Crippen LogP) is -0.0115. The molecule has 14 heavy (non-hydrogen) atoms. The van der Waals surface area contributed by atoms with Gasteiger partial charge in [-0.3, -0.25) is 9.59 Å². The molecule has 0 spiro atoms. The van der Waals surface area contributed by atoms with Crippen molar-refractivity contribution in [1.29, 1.82) is 0 Å². The van der Waals surface area contributed by atoms with Crippen molar-refractivity contribution >= 4 is 11.8 Å². The average molecular weight is 206 g/mol. The summed E-state index contributed by atoms with van der Waals surface area (Å²) in [6.45, 7) is 0.841. The molecule has 1 heterocycles. The third kappa shape index (κ3) is 2.18. The zero-order valence-electron chi connectivity index (χ0n) is 7.80. The second-order valence-corrected chi connectivity index (χ2v) is 3.08. The van der Waals surface area contributed by atoms with Gasteiger partial charge in [-0.15, -0.1) is 0 Å². The molecule has 0 aliphatic carbocycles. The van der Waals surface area contributed by atoms with Crippen molar-refractivity contribution in [2.75, 3.05) is 13.1 Å². The van der Waals surface area contributed by atoms with Gasteiger partial charge in [-0.25, -0.2) is 8.78 Å². The van der Waals surface area contributed by atoms with Gasteiger partial charge in [-0.2, -0.15) is 0 Å². The number of alkyl halides is 2. The molecule has 0 radical (unpaired) electrons. The Balaban J connectivity index is 2.73. The monoisotopic (exact) mass is 206 g/mol. The summed E-state index contributed by atoms with van der Waals surface area (Å²) in [5, 5.41) is 2.36. The van der Waals surface area contributed by atoms with Crippen LogP contribution in [-0.4, -0.2) is 42.3 Å². The van der Waals surface area contributed by atoms with Crippen LogP contribution < -0.4 is 5.32 Å². The maximum atomic E-state index is 12.1. The molecule has 4 nitrogen and oxygen atoms in total. The lowest BCUT2D eigenvalue weighted by molar-refractivity contribution is -0.147. The Morgan fingerprint density at radius 2 is 2.21 bits per heavy atom. The van der Waals surface area contributed by atoms with E-state index in [9.17, 15) is 18.4 Å². The van der Waals surface area contributed by atoms with E-state index in [2.05, 4.69) is 5.32 Å². The maximum absolute atomic E-state index is 12.1. The van der Waals surface area contributed by atoms with Crippen LogP contribution in [-0.2, 0) is 9.59 Å². The van der Waals surface area contributed by atoms with Crippen molar-refractivity contribution in [1.82, 2.24) is 10.2 Å². The molecule has 1 rings (SSSR count). The molecular weight excluding hydrogens is 194 g/mol. The zero-order chi connectivity index (χ0) is 10.7. The summed E-state index contributed by atoms with van der Waals surface area (Å²) in [4.78, 5) is 23.4. The first-order valence-electron chi connectivity index (χ1n) is 4.41. The summed E-state index contributed by atoms with van der Waals surface area (Å²) in [6, 6.07) is -0.745. The van der Waals surface area contributed by atoms with Crippen LogP contribution in [0.1, 0.15) is 13.3 Å². The van der Waals surface area contributed by atoms with E-state index >= 15 is 0 Å². The lowest BCUT2D eigenvalue weighted by Crippen LogP contribution is -2.59. The molecule has 1 fully saturated rings. The molecule has 1 aliphatic rings. The van der Waals surface area contributed by atoms with Gasteiger partial charge in [-0.05, 0) is 6.42 Å². The van der Waals surface area contributed by atoms with Crippen molar-refractivity contribution in [2.24, 2.45) is 0 Å². The normalized spacial score (nSPS) is 22.9. The number of piperazine rings is 1. The van der Waals surface area contributed by atoms with Crippen LogP contribution in [0.3, 0.4) is 0 Å². The number of nitrogens with one attached hydrogen (secondary N) is 1. The number of hydrogen-bond acceptors (Lipinski definition) is 2. The number of halogens is 2. The highest BCUT2D eigenvalue weighted by Gasteiger charge is 2.34. The smallest absolute Gasteiger partial charge is 0.255 e. The van der Waals surface area contributed by atoms with Gasteiger partial charge in [0, 0.05) is 0 Å². The fourth-order valence-electron chi connectivity index (χ4n) is 1.48.